The summed E-state index contributed by atoms with van der Waals surface area (Å²) >= 11 is 1.98. The van der Waals surface area contributed by atoms with Crippen LogP contribution in [0.1, 0.15) is 30.4 Å². The number of rotatable bonds is 4. The molecule has 0 spiro atoms. The Kier molecular flexibility index (Phi) is 4.06. The van der Waals surface area contributed by atoms with Gasteiger partial charge < -0.3 is 10.1 Å². The van der Waals surface area contributed by atoms with Crippen LogP contribution < -0.4 is 5.32 Å². The molecule has 98 valence electrons. The molecule has 1 atom stereocenters. The van der Waals surface area contributed by atoms with E-state index in [0.717, 1.165) is 6.54 Å². The number of carbonyl (C=O) groups excluding carboxylic acids is 1. The van der Waals surface area contributed by atoms with E-state index in [9.17, 15) is 4.79 Å². The first-order valence-corrected chi connectivity index (χ1v) is 6.91. The monoisotopic (exact) mass is 267 g/mol. The summed E-state index contributed by atoms with van der Waals surface area (Å²) in [5.74, 6) is 1.46. The molecule has 6 heteroatoms. The number of ether oxygens (including phenoxy) is 1. The maximum atomic E-state index is 11.3. The number of hydrogen-bond donors (Lipinski definition) is 1. The van der Waals surface area contributed by atoms with Gasteiger partial charge >= 0.3 is 5.97 Å². The van der Waals surface area contributed by atoms with Gasteiger partial charge in [0.15, 0.2) is 0 Å². The maximum absolute atomic E-state index is 11.3. The number of aromatic nitrogens is 2. The van der Waals surface area contributed by atoms with Crippen LogP contribution in [0.4, 0.5) is 5.82 Å². The van der Waals surface area contributed by atoms with Gasteiger partial charge in [0, 0.05) is 17.5 Å². The van der Waals surface area contributed by atoms with Gasteiger partial charge in [-0.05, 0) is 31.6 Å². The van der Waals surface area contributed by atoms with Crippen molar-refractivity contribution in [3.8, 4) is 0 Å². The number of carbonyl (C=O) groups is 1. The topological polar surface area (TPSA) is 64.1 Å². The molecule has 2 heterocycles. The van der Waals surface area contributed by atoms with Crippen LogP contribution in [0, 0.1) is 0 Å². The number of thioether (sulfide) groups is 1. The molecule has 2 rings (SSSR count). The Bertz CT molecular complexity index is 433. The molecule has 0 amide bonds. The predicted octanol–water partition coefficient (Wildman–Crippen LogP) is 1.96. The summed E-state index contributed by atoms with van der Waals surface area (Å²) in [5, 5.41) is 3.27. The van der Waals surface area contributed by atoms with E-state index in [0.29, 0.717) is 5.82 Å². The lowest BCUT2D eigenvalue weighted by Crippen LogP contribution is -2.27. The first kappa shape index (κ1) is 13.1. The highest BCUT2D eigenvalue weighted by molar-refractivity contribution is 8.00. The zero-order valence-electron chi connectivity index (χ0n) is 10.6. The lowest BCUT2D eigenvalue weighted by molar-refractivity contribution is 0.0587. The van der Waals surface area contributed by atoms with Crippen LogP contribution in [0.5, 0.6) is 0 Å². The van der Waals surface area contributed by atoms with E-state index in [4.69, 9.17) is 0 Å². The third kappa shape index (κ3) is 3.13. The van der Waals surface area contributed by atoms with Crippen LogP contribution >= 0.6 is 11.8 Å². The van der Waals surface area contributed by atoms with Crippen LogP contribution in [0.25, 0.3) is 0 Å². The molecule has 0 bridgehead atoms. The fraction of sp³-hybridized carbons (Fsp3) is 0.583. The zero-order chi connectivity index (χ0) is 13.0. The van der Waals surface area contributed by atoms with E-state index >= 15 is 0 Å². The van der Waals surface area contributed by atoms with Crippen molar-refractivity contribution in [3.05, 3.63) is 18.1 Å². The lowest BCUT2D eigenvalue weighted by atomic mass is 10.1. The number of esters is 1. The summed E-state index contributed by atoms with van der Waals surface area (Å²) in [6.45, 7) is 3.09. The van der Waals surface area contributed by atoms with Gasteiger partial charge in [-0.3, -0.25) is 0 Å². The summed E-state index contributed by atoms with van der Waals surface area (Å²) in [6.07, 6.45) is 4.03. The van der Waals surface area contributed by atoms with Crippen molar-refractivity contribution < 1.29 is 9.53 Å². The van der Waals surface area contributed by atoms with Crippen LogP contribution in [0.3, 0.4) is 0 Å². The Morgan fingerprint density at radius 3 is 3.17 bits per heavy atom. The van der Waals surface area contributed by atoms with Crippen molar-refractivity contribution in [1.82, 2.24) is 9.97 Å². The molecule has 1 aliphatic heterocycles. The zero-order valence-corrected chi connectivity index (χ0v) is 11.4. The summed E-state index contributed by atoms with van der Waals surface area (Å²) in [4.78, 5) is 19.3. The van der Waals surface area contributed by atoms with Gasteiger partial charge in [0.05, 0.1) is 7.11 Å². The predicted molar refractivity (Wildman–Crippen MR) is 72.0 cm³/mol. The van der Waals surface area contributed by atoms with Crippen LogP contribution in [0.2, 0.25) is 0 Å². The second kappa shape index (κ2) is 5.56. The fourth-order valence-electron chi connectivity index (χ4n) is 1.90. The number of nitrogens with zero attached hydrogens (tertiary/aromatic N) is 2. The van der Waals surface area contributed by atoms with Gasteiger partial charge in [-0.2, -0.15) is 11.8 Å². The van der Waals surface area contributed by atoms with Crippen LogP contribution in [0.15, 0.2) is 12.3 Å². The first-order chi connectivity index (χ1) is 8.63. The Hall–Kier alpha value is -1.30. The Balaban J connectivity index is 1.99. The van der Waals surface area contributed by atoms with Crippen molar-refractivity contribution in [3.63, 3.8) is 0 Å². The van der Waals surface area contributed by atoms with Crippen LogP contribution in [-0.4, -0.2) is 40.1 Å². The number of hydrogen-bond acceptors (Lipinski definition) is 6. The molecular weight excluding hydrogens is 250 g/mol. The van der Waals surface area contributed by atoms with E-state index in [1.807, 2.05) is 11.8 Å². The van der Waals surface area contributed by atoms with Crippen molar-refractivity contribution in [2.45, 2.75) is 24.5 Å². The first-order valence-electron chi connectivity index (χ1n) is 5.92. The largest absolute Gasteiger partial charge is 0.463 e. The molecule has 5 nitrogen and oxygen atoms in total. The molecular formula is C12H17N3O2S. The van der Waals surface area contributed by atoms with Crippen molar-refractivity contribution in [1.29, 1.82) is 0 Å². The average molecular weight is 267 g/mol. The smallest absolute Gasteiger partial charge is 0.376 e. The average Bonchev–Trinajstić information content (AvgIpc) is 2.83. The van der Waals surface area contributed by atoms with Gasteiger partial charge in [0.25, 0.3) is 0 Å². The van der Waals surface area contributed by atoms with E-state index < -0.39 is 5.97 Å². The lowest BCUT2D eigenvalue weighted by Gasteiger charge is -2.23. The maximum Gasteiger partial charge on any atom is 0.376 e. The SMILES string of the molecule is COC(=O)c1nccc(NCC2(C)CCCS2)n1. The molecule has 1 aromatic rings. The molecule has 1 unspecified atom stereocenters. The van der Waals surface area contributed by atoms with Crippen molar-refractivity contribution in [2.24, 2.45) is 0 Å². The van der Waals surface area contributed by atoms with Crippen LogP contribution in [-0.2, 0) is 4.74 Å². The van der Waals surface area contributed by atoms with Crippen molar-refractivity contribution in [2.75, 3.05) is 24.7 Å². The molecule has 1 aromatic heterocycles. The molecule has 1 fully saturated rings. The quantitative estimate of drug-likeness (QED) is 0.841. The summed E-state index contributed by atoms with van der Waals surface area (Å²) in [6, 6.07) is 1.76. The second-order valence-electron chi connectivity index (χ2n) is 4.51. The molecule has 0 aromatic carbocycles. The molecule has 1 N–H and O–H groups in total. The summed E-state index contributed by atoms with van der Waals surface area (Å²) in [5.41, 5.74) is 0. The molecule has 1 saturated heterocycles. The highest BCUT2D eigenvalue weighted by Gasteiger charge is 2.29. The highest BCUT2D eigenvalue weighted by atomic mass is 32.2. The minimum absolute atomic E-state index is 0.0896. The van der Waals surface area contributed by atoms with Gasteiger partial charge in [0.1, 0.15) is 5.82 Å². The molecule has 0 saturated carbocycles. The minimum Gasteiger partial charge on any atom is -0.463 e. The third-order valence-electron chi connectivity index (χ3n) is 2.97. The third-order valence-corrected chi connectivity index (χ3v) is 4.51. The second-order valence-corrected chi connectivity index (χ2v) is 6.20. The summed E-state index contributed by atoms with van der Waals surface area (Å²) < 4.78 is 4.85. The van der Waals surface area contributed by atoms with Gasteiger partial charge in [-0.25, -0.2) is 14.8 Å². The normalized spacial score (nSPS) is 22.8. The molecule has 0 radical (unpaired) electrons. The highest BCUT2D eigenvalue weighted by Crippen LogP contribution is 2.37. The Morgan fingerprint density at radius 2 is 2.50 bits per heavy atom. The van der Waals surface area contributed by atoms with Crippen molar-refractivity contribution >= 4 is 23.5 Å². The standard InChI is InChI=1S/C12H17N3O2S/c1-12(5-3-7-18-12)8-14-9-4-6-13-10(15-9)11(16)17-2/h4,6H,3,5,7-8H2,1-2H3,(H,13,14,15). The Labute approximate surface area is 111 Å². The van der Waals surface area contributed by atoms with E-state index in [1.54, 1.807) is 12.3 Å². The molecule has 0 aliphatic carbocycles. The number of anilines is 1. The summed E-state index contributed by atoms with van der Waals surface area (Å²) in [7, 11) is 1.32. The molecule has 1 aliphatic rings. The number of nitrogens with one attached hydrogen (secondary N) is 1. The van der Waals surface area contributed by atoms with Gasteiger partial charge in [0.2, 0.25) is 5.82 Å². The minimum atomic E-state index is -0.514. The van der Waals surface area contributed by atoms with E-state index in [-0.39, 0.29) is 10.6 Å². The fourth-order valence-corrected chi connectivity index (χ4v) is 3.14. The van der Waals surface area contributed by atoms with E-state index in [2.05, 4.69) is 26.9 Å². The van der Waals surface area contributed by atoms with Gasteiger partial charge in [-0.15, -0.1) is 0 Å². The van der Waals surface area contributed by atoms with Gasteiger partial charge in [-0.1, -0.05) is 0 Å². The van der Waals surface area contributed by atoms with E-state index in [1.165, 1.54) is 25.7 Å². The molecule has 18 heavy (non-hydrogen) atoms. The number of methoxy groups -OCH3 is 1. The Morgan fingerprint density at radius 1 is 1.67 bits per heavy atom.